The number of amides is 1. The minimum Gasteiger partial charge on any atom is -0.491 e. The molecule has 0 aliphatic carbocycles. The van der Waals surface area contributed by atoms with Crippen LogP contribution < -0.4 is 15.8 Å². The van der Waals surface area contributed by atoms with Crippen LogP contribution in [0.3, 0.4) is 0 Å². The van der Waals surface area contributed by atoms with Gasteiger partial charge in [-0.1, -0.05) is 12.1 Å². The van der Waals surface area contributed by atoms with Crippen molar-refractivity contribution in [1.82, 2.24) is 0 Å². The fourth-order valence-electron chi connectivity index (χ4n) is 1.97. The molecule has 0 saturated heterocycles. The number of carbonyl (C=O) groups is 1. The minimum absolute atomic E-state index is 0.0690. The van der Waals surface area contributed by atoms with Gasteiger partial charge >= 0.3 is 0 Å². The number of carbonyl (C=O) groups excluding carboxylic acids is 1. The lowest BCUT2D eigenvalue weighted by molar-refractivity contribution is 0.102. The van der Waals surface area contributed by atoms with Crippen LogP contribution in [0.15, 0.2) is 42.5 Å². The van der Waals surface area contributed by atoms with Crippen molar-refractivity contribution >= 4 is 17.3 Å². The first-order chi connectivity index (χ1) is 9.97. The Hall–Kier alpha value is -2.49. The zero-order valence-electron chi connectivity index (χ0n) is 12.5. The lowest BCUT2D eigenvalue weighted by Crippen LogP contribution is -2.14. The van der Waals surface area contributed by atoms with Crippen molar-refractivity contribution in [3.05, 3.63) is 53.6 Å². The van der Waals surface area contributed by atoms with E-state index in [2.05, 4.69) is 5.32 Å². The zero-order chi connectivity index (χ0) is 15.4. The summed E-state index contributed by atoms with van der Waals surface area (Å²) in [5.41, 5.74) is 8.63. The number of ether oxygens (including phenoxy) is 1. The zero-order valence-corrected chi connectivity index (χ0v) is 12.5. The molecule has 0 aliphatic heterocycles. The van der Waals surface area contributed by atoms with Gasteiger partial charge in [-0.25, -0.2) is 0 Å². The standard InChI is InChI=1S/C17H20N2O2/c1-11(2)21-14-7-4-6-13(10-14)17(20)19-16-9-5-8-15(18)12(16)3/h4-11H,18H2,1-3H3,(H,19,20). The van der Waals surface area contributed by atoms with E-state index in [0.29, 0.717) is 17.0 Å². The molecule has 0 bridgehead atoms. The number of hydrogen-bond acceptors (Lipinski definition) is 3. The maximum absolute atomic E-state index is 12.3. The van der Waals surface area contributed by atoms with Crippen LogP contribution in [0.4, 0.5) is 11.4 Å². The maximum atomic E-state index is 12.3. The molecule has 2 aromatic rings. The second-order valence-corrected chi connectivity index (χ2v) is 5.17. The molecule has 3 N–H and O–H groups in total. The van der Waals surface area contributed by atoms with Gasteiger partial charge in [0.2, 0.25) is 0 Å². The molecule has 0 fully saturated rings. The average Bonchev–Trinajstić information content (AvgIpc) is 2.43. The van der Waals surface area contributed by atoms with Crippen molar-refractivity contribution in [2.45, 2.75) is 26.9 Å². The Labute approximate surface area is 124 Å². The first-order valence-electron chi connectivity index (χ1n) is 6.90. The third-order valence-electron chi connectivity index (χ3n) is 3.09. The van der Waals surface area contributed by atoms with Crippen LogP contribution in [0, 0.1) is 6.92 Å². The molecule has 0 heterocycles. The van der Waals surface area contributed by atoms with E-state index in [0.717, 1.165) is 11.3 Å². The molecule has 0 unspecified atom stereocenters. The second-order valence-electron chi connectivity index (χ2n) is 5.17. The molecular weight excluding hydrogens is 264 g/mol. The van der Waals surface area contributed by atoms with Gasteiger partial charge in [-0.15, -0.1) is 0 Å². The number of rotatable bonds is 4. The predicted octanol–water partition coefficient (Wildman–Crippen LogP) is 3.62. The summed E-state index contributed by atoms with van der Waals surface area (Å²) in [6, 6.07) is 12.6. The van der Waals surface area contributed by atoms with E-state index < -0.39 is 0 Å². The second kappa shape index (κ2) is 6.31. The van der Waals surface area contributed by atoms with E-state index in [4.69, 9.17) is 10.5 Å². The fraction of sp³-hybridized carbons (Fsp3) is 0.235. The van der Waals surface area contributed by atoms with Crippen molar-refractivity contribution in [2.75, 3.05) is 11.1 Å². The Morgan fingerprint density at radius 3 is 2.62 bits per heavy atom. The average molecular weight is 284 g/mol. The molecule has 0 aliphatic rings. The Kier molecular flexibility index (Phi) is 4.48. The van der Waals surface area contributed by atoms with E-state index in [1.807, 2.05) is 45.0 Å². The molecule has 2 rings (SSSR count). The molecule has 0 atom stereocenters. The van der Waals surface area contributed by atoms with Crippen LogP contribution in [0.25, 0.3) is 0 Å². The number of hydrogen-bond donors (Lipinski definition) is 2. The fourth-order valence-corrected chi connectivity index (χ4v) is 1.97. The number of benzene rings is 2. The molecular formula is C17H20N2O2. The van der Waals surface area contributed by atoms with Gasteiger partial charge in [0.15, 0.2) is 0 Å². The summed E-state index contributed by atoms with van der Waals surface area (Å²) in [7, 11) is 0. The largest absolute Gasteiger partial charge is 0.491 e. The van der Waals surface area contributed by atoms with Crippen molar-refractivity contribution in [3.63, 3.8) is 0 Å². The number of nitrogen functional groups attached to an aromatic ring is 1. The van der Waals surface area contributed by atoms with Crippen LogP contribution in [0.2, 0.25) is 0 Å². The maximum Gasteiger partial charge on any atom is 0.255 e. The van der Waals surface area contributed by atoms with E-state index in [1.165, 1.54) is 0 Å². The first kappa shape index (κ1) is 14.9. The van der Waals surface area contributed by atoms with E-state index in [9.17, 15) is 4.79 Å². The van der Waals surface area contributed by atoms with Crippen LogP contribution >= 0.6 is 0 Å². The number of nitrogens with two attached hydrogens (primary N) is 1. The van der Waals surface area contributed by atoms with Crippen molar-refractivity contribution < 1.29 is 9.53 Å². The smallest absolute Gasteiger partial charge is 0.255 e. The van der Waals surface area contributed by atoms with Crippen molar-refractivity contribution in [3.8, 4) is 5.75 Å². The summed E-state index contributed by atoms with van der Waals surface area (Å²) in [5.74, 6) is 0.500. The van der Waals surface area contributed by atoms with E-state index in [1.54, 1.807) is 18.2 Å². The highest BCUT2D eigenvalue weighted by Crippen LogP contribution is 2.22. The Balaban J connectivity index is 2.18. The Morgan fingerprint density at radius 1 is 1.19 bits per heavy atom. The molecule has 0 radical (unpaired) electrons. The summed E-state index contributed by atoms with van der Waals surface area (Å²) in [5, 5.41) is 2.87. The van der Waals surface area contributed by atoms with Gasteiger partial charge in [-0.3, -0.25) is 4.79 Å². The van der Waals surface area contributed by atoms with Crippen LogP contribution in [-0.4, -0.2) is 12.0 Å². The lowest BCUT2D eigenvalue weighted by atomic mass is 10.1. The Bertz CT molecular complexity index is 651. The van der Waals surface area contributed by atoms with Gasteiger partial charge in [-0.2, -0.15) is 0 Å². The summed E-state index contributed by atoms with van der Waals surface area (Å²) in [6.45, 7) is 5.77. The highest BCUT2D eigenvalue weighted by Gasteiger charge is 2.10. The molecule has 4 nitrogen and oxygen atoms in total. The van der Waals surface area contributed by atoms with Crippen molar-refractivity contribution in [2.24, 2.45) is 0 Å². The molecule has 2 aromatic carbocycles. The van der Waals surface area contributed by atoms with E-state index in [-0.39, 0.29) is 12.0 Å². The van der Waals surface area contributed by atoms with Crippen LogP contribution in [0.5, 0.6) is 5.75 Å². The third kappa shape index (κ3) is 3.75. The molecule has 1 amide bonds. The number of nitrogens with one attached hydrogen (secondary N) is 1. The third-order valence-corrected chi connectivity index (χ3v) is 3.09. The van der Waals surface area contributed by atoms with Gasteiger partial charge < -0.3 is 15.8 Å². The molecule has 4 heteroatoms. The molecule has 0 spiro atoms. The molecule has 0 saturated carbocycles. The van der Waals surface area contributed by atoms with Gasteiger partial charge in [0.1, 0.15) is 5.75 Å². The van der Waals surface area contributed by atoms with Gasteiger partial charge in [0, 0.05) is 16.9 Å². The minimum atomic E-state index is -0.182. The molecule has 110 valence electrons. The quantitative estimate of drug-likeness (QED) is 0.843. The lowest BCUT2D eigenvalue weighted by Gasteiger charge is -2.12. The monoisotopic (exact) mass is 284 g/mol. The highest BCUT2D eigenvalue weighted by molar-refractivity contribution is 6.05. The van der Waals surface area contributed by atoms with Crippen LogP contribution in [0.1, 0.15) is 29.8 Å². The van der Waals surface area contributed by atoms with Gasteiger partial charge in [-0.05, 0) is 56.7 Å². The first-order valence-corrected chi connectivity index (χ1v) is 6.90. The molecule has 0 aromatic heterocycles. The van der Waals surface area contributed by atoms with Crippen LogP contribution in [-0.2, 0) is 0 Å². The van der Waals surface area contributed by atoms with E-state index >= 15 is 0 Å². The van der Waals surface area contributed by atoms with Crippen molar-refractivity contribution in [1.29, 1.82) is 0 Å². The summed E-state index contributed by atoms with van der Waals surface area (Å²) < 4.78 is 5.60. The topological polar surface area (TPSA) is 64.3 Å². The Morgan fingerprint density at radius 2 is 1.90 bits per heavy atom. The number of anilines is 2. The van der Waals surface area contributed by atoms with Gasteiger partial charge in [0.25, 0.3) is 5.91 Å². The molecule has 21 heavy (non-hydrogen) atoms. The normalized spacial score (nSPS) is 10.5. The summed E-state index contributed by atoms with van der Waals surface area (Å²) in [4.78, 5) is 12.3. The summed E-state index contributed by atoms with van der Waals surface area (Å²) in [6.07, 6.45) is 0.0690. The summed E-state index contributed by atoms with van der Waals surface area (Å²) >= 11 is 0. The predicted molar refractivity (Wildman–Crippen MR) is 85.8 cm³/mol. The highest BCUT2D eigenvalue weighted by atomic mass is 16.5. The van der Waals surface area contributed by atoms with Gasteiger partial charge in [0.05, 0.1) is 6.10 Å². The SMILES string of the molecule is Cc1c(N)cccc1NC(=O)c1cccc(OC(C)C)c1.